The van der Waals surface area contributed by atoms with Crippen LogP contribution in [0, 0.1) is 20.8 Å². The van der Waals surface area contributed by atoms with Crippen molar-refractivity contribution in [3.05, 3.63) is 76.6 Å². The lowest BCUT2D eigenvalue weighted by molar-refractivity contribution is 0.0995. The molecule has 0 atom stereocenters. The Morgan fingerprint density at radius 1 is 1.00 bits per heavy atom. The molecule has 3 N–H and O–H groups in total. The van der Waals surface area contributed by atoms with E-state index in [0.29, 0.717) is 16.8 Å². The summed E-state index contributed by atoms with van der Waals surface area (Å²) in [5.41, 5.74) is 10.4. The molecule has 132 valence electrons. The zero-order chi connectivity index (χ0) is 18.8. The van der Waals surface area contributed by atoms with E-state index in [9.17, 15) is 9.59 Å². The van der Waals surface area contributed by atoms with E-state index in [0.717, 1.165) is 22.6 Å². The number of rotatable bonds is 4. The van der Waals surface area contributed by atoms with Crippen LogP contribution in [0.4, 0.5) is 5.69 Å². The maximum atomic E-state index is 12.4. The van der Waals surface area contributed by atoms with Gasteiger partial charge in [0.1, 0.15) is 0 Å². The third-order valence-electron chi connectivity index (χ3n) is 4.14. The number of hydrogen-bond donors (Lipinski definition) is 2. The standard InChI is InChI=1S/C20H20N4O2/c1-12-4-7-16(11-18(12)19(21)25)22-20(26)15-5-8-17(9-6-15)24-14(3)10-13(2)23-24/h4-11H,1-3H3,(H2,21,25)(H,22,26). The molecule has 0 unspecified atom stereocenters. The number of benzene rings is 2. The zero-order valence-electron chi connectivity index (χ0n) is 14.9. The van der Waals surface area contributed by atoms with Gasteiger partial charge in [-0.25, -0.2) is 4.68 Å². The van der Waals surface area contributed by atoms with Gasteiger partial charge in [-0.05, 0) is 68.8 Å². The SMILES string of the molecule is Cc1cc(C)n(-c2ccc(C(=O)Nc3ccc(C)c(C(N)=O)c3)cc2)n1. The van der Waals surface area contributed by atoms with E-state index in [1.807, 2.05) is 36.7 Å². The van der Waals surface area contributed by atoms with Gasteiger partial charge in [-0.15, -0.1) is 0 Å². The number of aryl methyl sites for hydroxylation is 3. The number of amides is 2. The van der Waals surface area contributed by atoms with E-state index in [-0.39, 0.29) is 5.91 Å². The van der Waals surface area contributed by atoms with Crippen LogP contribution in [0.3, 0.4) is 0 Å². The molecule has 2 aromatic carbocycles. The third-order valence-corrected chi connectivity index (χ3v) is 4.14. The molecule has 0 spiro atoms. The quantitative estimate of drug-likeness (QED) is 0.759. The fourth-order valence-corrected chi connectivity index (χ4v) is 2.81. The smallest absolute Gasteiger partial charge is 0.255 e. The summed E-state index contributed by atoms with van der Waals surface area (Å²) in [7, 11) is 0. The summed E-state index contributed by atoms with van der Waals surface area (Å²) in [6.07, 6.45) is 0. The predicted molar refractivity (Wildman–Crippen MR) is 101 cm³/mol. The van der Waals surface area contributed by atoms with Crippen LogP contribution in [0.15, 0.2) is 48.5 Å². The van der Waals surface area contributed by atoms with Crippen molar-refractivity contribution in [2.75, 3.05) is 5.32 Å². The fourth-order valence-electron chi connectivity index (χ4n) is 2.81. The monoisotopic (exact) mass is 348 g/mol. The summed E-state index contributed by atoms with van der Waals surface area (Å²) in [6.45, 7) is 5.71. The number of hydrogen-bond acceptors (Lipinski definition) is 3. The fraction of sp³-hybridized carbons (Fsp3) is 0.150. The van der Waals surface area contributed by atoms with Crippen LogP contribution in [0.2, 0.25) is 0 Å². The van der Waals surface area contributed by atoms with Crippen LogP contribution in [-0.4, -0.2) is 21.6 Å². The summed E-state index contributed by atoms with van der Waals surface area (Å²) >= 11 is 0. The molecular weight excluding hydrogens is 328 g/mol. The lowest BCUT2D eigenvalue weighted by Crippen LogP contribution is -2.15. The second kappa shape index (κ2) is 6.84. The van der Waals surface area contributed by atoms with Crippen molar-refractivity contribution in [2.45, 2.75) is 20.8 Å². The highest BCUT2D eigenvalue weighted by Gasteiger charge is 2.11. The molecule has 3 aromatic rings. The van der Waals surface area contributed by atoms with Crippen molar-refractivity contribution in [1.82, 2.24) is 9.78 Å². The van der Waals surface area contributed by atoms with E-state index in [1.54, 1.807) is 37.3 Å². The van der Waals surface area contributed by atoms with Crippen molar-refractivity contribution in [3.8, 4) is 5.69 Å². The second-order valence-corrected chi connectivity index (χ2v) is 6.23. The highest BCUT2D eigenvalue weighted by atomic mass is 16.2. The second-order valence-electron chi connectivity index (χ2n) is 6.23. The average molecular weight is 348 g/mol. The first-order valence-electron chi connectivity index (χ1n) is 8.20. The first kappa shape index (κ1) is 17.4. The number of nitrogens with zero attached hydrogens (tertiary/aromatic N) is 2. The largest absolute Gasteiger partial charge is 0.366 e. The zero-order valence-corrected chi connectivity index (χ0v) is 14.9. The molecule has 1 aromatic heterocycles. The van der Waals surface area contributed by atoms with Crippen LogP contribution < -0.4 is 11.1 Å². The van der Waals surface area contributed by atoms with E-state index < -0.39 is 5.91 Å². The maximum Gasteiger partial charge on any atom is 0.255 e. The summed E-state index contributed by atoms with van der Waals surface area (Å²) in [6, 6.07) is 14.2. The first-order valence-corrected chi connectivity index (χ1v) is 8.20. The van der Waals surface area contributed by atoms with Crippen LogP contribution >= 0.6 is 0 Å². The molecule has 3 rings (SSSR count). The summed E-state index contributed by atoms with van der Waals surface area (Å²) < 4.78 is 1.83. The molecule has 0 aliphatic heterocycles. The van der Waals surface area contributed by atoms with Gasteiger partial charge in [0.05, 0.1) is 11.4 Å². The summed E-state index contributed by atoms with van der Waals surface area (Å²) in [4.78, 5) is 23.9. The molecule has 0 fully saturated rings. The molecule has 0 saturated carbocycles. The maximum absolute atomic E-state index is 12.4. The number of carbonyl (C=O) groups is 2. The molecule has 0 aliphatic rings. The van der Waals surface area contributed by atoms with Crippen molar-refractivity contribution in [1.29, 1.82) is 0 Å². The third kappa shape index (κ3) is 3.49. The van der Waals surface area contributed by atoms with E-state index in [1.165, 1.54) is 0 Å². The lowest BCUT2D eigenvalue weighted by atomic mass is 10.1. The summed E-state index contributed by atoms with van der Waals surface area (Å²) in [5, 5.41) is 7.22. The molecule has 2 amide bonds. The van der Waals surface area contributed by atoms with E-state index in [4.69, 9.17) is 5.73 Å². The Kier molecular flexibility index (Phi) is 4.58. The van der Waals surface area contributed by atoms with Gasteiger partial charge in [0.25, 0.3) is 5.91 Å². The minimum Gasteiger partial charge on any atom is -0.366 e. The van der Waals surface area contributed by atoms with Gasteiger partial charge in [-0.3, -0.25) is 9.59 Å². The predicted octanol–water partition coefficient (Wildman–Crippen LogP) is 3.15. The number of primary amides is 1. The Morgan fingerprint density at radius 2 is 1.69 bits per heavy atom. The van der Waals surface area contributed by atoms with Crippen molar-refractivity contribution < 1.29 is 9.59 Å². The Balaban J connectivity index is 1.79. The average Bonchev–Trinajstić information content (AvgIpc) is 2.94. The van der Waals surface area contributed by atoms with Crippen LogP contribution in [-0.2, 0) is 0 Å². The van der Waals surface area contributed by atoms with Gasteiger partial charge < -0.3 is 11.1 Å². The van der Waals surface area contributed by atoms with Gasteiger partial charge in [0, 0.05) is 22.5 Å². The minimum atomic E-state index is -0.521. The topological polar surface area (TPSA) is 90.0 Å². The highest BCUT2D eigenvalue weighted by Crippen LogP contribution is 2.17. The van der Waals surface area contributed by atoms with Crippen LogP contribution in [0.25, 0.3) is 5.69 Å². The minimum absolute atomic E-state index is 0.260. The van der Waals surface area contributed by atoms with Gasteiger partial charge in [0.2, 0.25) is 5.91 Å². The van der Waals surface area contributed by atoms with E-state index in [2.05, 4.69) is 10.4 Å². The molecule has 0 aliphatic carbocycles. The van der Waals surface area contributed by atoms with Gasteiger partial charge >= 0.3 is 0 Å². The molecule has 1 heterocycles. The number of anilines is 1. The normalized spacial score (nSPS) is 10.6. The molecular formula is C20H20N4O2. The molecule has 0 saturated heterocycles. The lowest BCUT2D eigenvalue weighted by Gasteiger charge is -2.09. The molecule has 0 bridgehead atoms. The van der Waals surface area contributed by atoms with Gasteiger partial charge in [-0.2, -0.15) is 5.10 Å². The van der Waals surface area contributed by atoms with Crippen molar-refractivity contribution in [3.63, 3.8) is 0 Å². The number of aromatic nitrogens is 2. The Morgan fingerprint density at radius 3 is 2.27 bits per heavy atom. The van der Waals surface area contributed by atoms with Gasteiger partial charge in [0.15, 0.2) is 0 Å². The summed E-state index contributed by atoms with van der Waals surface area (Å²) in [5.74, 6) is -0.781. The Hall–Kier alpha value is -3.41. The molecule has 6 nitrogen and oxygen atoms in total. The number of nitrogens with one attached hydrogen (secondary N) is 1. The number of carbonyl (C=O) groups excluding carboxylic acids is 2. The molecule has 6 heteroatoms. The van der Waals surface area contributed by atoms with Crippen LogP contribution in [0.5, 0.6) is 0 Å². The Labute approximate surface area is 151 Å². The molecule has 0 radical (unpaired) electrons. The first-order chi connectivity index (χ1) is 12.3. The number of nitrogens with two attached hydrogens (primary N) is 1. The highest BCUT2D eigenvalue weighted by molar-refractivity contribution is 6.05. The van der Waals surface area contributed by atoms with E-state index >= 15 is 0 Å². The Bertz CT molecular complexity index is 988. The van der Waals surface area contributed by atoms with Gasteiger partial charge in [-0.1, -0.05) is 6.07 Å². The molecule has 26 heavy (non-hydrogen) atoms. The van der Waals surface area contributed by atoms with Crippen molar-refractivity contribution >= 4 is 17.5 Å². The van der Waals surface area contributed by atoms with Crippen LogP contribution in [0.1, 0.15) is 37.7 Å². The van der Waals surface area contributed by atoms with Crippen molar-refractivity contribution in [2.24, 2.45) is 5.73 Å².